The molecule has 0 bridgehead atoms. The van der Waals surface area contributed by atoms with Gasteiger partial charge in [-0.15, -0.1) is 0 Å². The maximum atomic E-state index is 11.6. The fraction of sp³-hybridized carbons (Fsp3) is 0.615. The Bertz CT molecular complexity index is 466. The summed E-state index contributed by atoms with van der Waals surface area (Å²) in [6.45, 7) is 6.39. The molecule has 0 spiro atoms. The van der Waals surface area contributed by atoms with Gasteiger partial charge in [-0.1, -0.05) is 0 Å². The maximum absolute atomic E-state index is 11.6. The van der Waals surface area contributed by atoms with Gasteiger partial charge in [0.15, 0.2) is 0 Å². The summed E-state index contributed by atoms with van der Waals surface area (Å²) < 4.78 is 6.55. The first-order valence-electron chi connectivity index (χ1n) is 6.37. The number of hydrogen-bond acceptors (Lipinski definition) is 4. The summed E-state index contributed by atoms with van der Waals surface area (Å²) in [6.07, 6.45) is 0.266. The van der Waals surface area contributed by atoms with Crippen molar-refractivity contribution in [2.24, 2.45) is 7.05 Å². The molecule has 1 N–H and O–H groups in total. The van der Waals surface area contributed by atoms with Gasteiger partial charge in [-0.25, -0.2) is 0 Å². The Balaban J connectivity index is 2.40. The van der Waals surface area contributed by atoms with E-state index in [0.717, 1.165) is 17.0 Å². The topological polar surface area (TPSA) is 73.2 Å². The van der Waals surface area contributed by atoms with E-state index in [2.05, 4.69) is 10.4 Å². The second-order valence-corrected chi connectivity index (χ2v) is 4.35. The van der Waals surface area contributed by atoms with E-state index < -0.39 is 0 Å². The Morgan fingerprint density at radius 1 is 1.32 bits per heavy atom. The number of hydrogen-bond donors (Lipinski definition) is 1. The van der Waals surface area contributed by atoms with Gasteiger partial charge < -0.3 is 10.1 Å². The molecule has 0 aliphatic heterocycles. The van der Waals surface area contributed by atoms with Crippen LogP contribution in [0.1, 0.15) is 36.7 Å². The van der Waals surface area contributed by atoms with Crippen molar-refractivity contribution in [1.82, 2.24) is 15.1 Å². The SMILES string of the molecule is CCOC(=O)CCC(=O)NCc1c(C)nn(C)c1C. The molecule has 0 radical (unpaired) electrons. The zero-order valence-corrected chi connectivity index (χ0v) is 11.9. The van der Waals surface area contributed by atoms with Crippen LogP contribution in [0.3, 0.4) is 0 Å². The minimum Gasteiger partial charge on any atom is -0.466 e. The van der Waals surface area contributed by atoms with Crippen LogP contribution in [0.15, 0.2) is 0 Å². The zero-order valence-electron chi connectivity index (χ0n) is 11.9. The van der Waals surface area contributed by atoms with E-state index in [1.54, 1.807) is 11.6 Å². The lowest BCUT2D eigenvalue weighted by Crippen LogP contribution is -2.24. The molecule has 6 heteroatoms. The van der Waals surface area contributed by atoms with E-state index >= 15 is 0 Å². The van der Waals surface area contributed by atoms with Gasteiger partial charge in [0.2, 0.25) is 5.91 Å². The first kappa shape index (κ1) is 15.2. The molecule has 19 heavy (non-hydrogen) atoms. The number of carbonyl (C=O) groups is 2. The van der Waals surface area contributed by atoms with Crippen LogP contribution in [0.4, 0.5) is 0 Å². The van der Waals surface area contributed by atoms with Crippen molar-refractivity contribution in [2.45, 2.75) is 40.2 Å². The molecule has 1 amide bonds. The minimum atomic E-state index is -0.341. The number of carbonyl (C=O) groups excluding carboxylic acids is 2. The van der Waals surface area contributed by atoms with Crippen LogP contribution < -0.4 is 5.32 Å². The monoisotopic (exact) mass is 267 g/mol. The Morgan fingerprint density at radius 3 is 2.53 bits per heavy atom. The van der Waals surface area contributed by atoms with Crippen molar-refractivity contribution in [3.05, 3.63) is 17.0 Å². The van der Waals surface area contributed by atoms with E-state index in [-0.39, 0.29) is 24.7 Å². The number of ether oxygens (including phenoxy) is 1. The molecule has 6 nitrogen and oxygen atoms in total. The van der Waals surface area contributed by atoms with Gasteiger partial charge in [-0.05, 0) is 20.8 Å². The van der Waals surface area contributed by atoms with Crippen molar-refractivity contribution in [3.8, 4) is 0 Å². The Hall–Kier alpha value is -1.85. The highest BCUT2D eigenvalue weighted by Gasteiger charge is 2.11. The minimum absolute atomic E-state index is 0.116. The normalized spacial score (nSPS) is 10.3. The fourth-order valence-electron chi connectivity index (χ4n) is 1.80. The summed E-state index contributed by atoms with van der Waals surface area (Å²) in [6, 6.07) is 0. The van der Waals surface area contributed by atoms with Crippen molar-refractivity contribution >= 4 is 11.9 Å². The summed E-state index contributed by atoms with van der Waals surface area (Å²) in [4.78, 5) is 22.7. The highest BCUT2D eigenvalue weighted by Crippen LogP contribution is 2.11. The molecule has 0 saturated carbocycles. The Morgan fingerprint density at radius 2 is 2.00 bits per heavy atom. The van der Waals surface area contributed by atoms with Gasteiger partial charge in [0.05, 0.1) is 18.7 Å². The summed E-state index contributed by atoms with van der Waals surface area (Å²) in [5.41, 5.74) is 2.96. The van der Waals surface area contributed by atoms with E-state index in [9.17, 15) is 9.59 Å². The molecular weight excluding hydrogens is 246 g/mol. The lowest BCUT2D eigenvalue weighted by molar-refractivity contribution is -0.144. The number of aromatic nitrogens is 2. The number of rotatable bonds is 6. The van der Waals surface area contributed by atoms with Gasteiger partial charge in [0.25, 0.3) is 0 Å². The second-order valence-electron chi connectivity index (χ2n) is 4.35. The fourth-order valence-corrected chi connectivity index (χ4v) is 1.80. The van der Waals surface area contributed by atoms with Gasteiger partial charge >= 0.3 is 5.97 Å². The molecule has 0 aromatic carbocycles. The summed E-state index contributed by atoms with van der Waals surface area (Å²) in [5, 5.41) is 7.07. The quantitative estimate of drug-likeness (QED) is 0.780. The van der Waals surface area contributed by atoms with Crippen LogP contribution in [-0.2, 0) is 27.9 Å². The highest BCUT2D eigenvalue weighted by atomic mass is 16.5. The molecule has 1 heterocycles. The van der Waals surface area contributed by atoms with Crippen LogP contribution >= 0.6 is 0 Å². The highest BCUT2D eigenvalue weighted by molar-refractivity contribution is 5.81. The van der Waals surface area contributed by atoms with E-state index in [0.29, 0.717) is 13.2 Å². The number of nitrogens with zero attached hydrogens (tertiary/aromatic N) is 2. The number of esters is 1. The number of aryl methyl sites for hydroxylation is 2. The molecule has 0 saturated heterocycles. The van der Waals surface area contributed by atoms with E-state index in [1.807, 2.05) is 20.9 Å². The second kappa shape index (κ2) is 6.92. The molecule has 0 fully saturated rings. The first-order valence-corrected chi connectivity index (χ1v) is 6.37. The van der Waals surface area contributed by atoms with Crippen LogP contribution in [0, 0.1) is 13.8 Å². The van der Waals surface area contributed by atoms with Gasteiger partial charge in [-0.2, -0.15) is 5.10 Å². The molecule has 0 aliphatic carbocycles. The summed E-state index contributed by atoms with van der Waals surface area (Å²) in [7, 11) is 1.87. The predicted molar refractivity (Wildman–Crippen MR) is 70.4 cm³/mol. The van der Waals surface area contributed by atoms with E-state index in [1.165, 1.54) is 0 Å². The summed E-state index contributed by atoms with van der Waals surface area (Å²) in [5.74, 6) is -0.498. The van der Waals surface area contributed by atoms with Gasteiger partial charge in [-0.3, -0.25) is 14.3 Å². The third-order valence-corrected chi connectivity index (χ3v) is 2.98. The molecule has 0 atom stereocenters. The standard InChI is InChI=1S/C13H21N3O3/c1-5-19-13(18)7-6-12(17)14-8-11-9(2)15-16(4)10(11)3/h5-8H2,1-4H3,(H,14,17). The van der Waals surface area contributed by atoms with Crippen molar-refractivity contribution in [1.29, 1.82) is 0 Å². The smallest absolute Gasteiger partial charge is 0.306 e. The van der Waals surface area contributed by atoms with Crippen LogP contribution in [0.25, 0.3) is 0 Å². The van der Waals surface area contributed by atoms with Crippen LogP contribution in [0.2, 0.25) is 0 Å². The predicted octanol–water partition coefficient (Wildman–Crippen LogP) is 0.996. The van der Waals surface area contributed by atoms with Crippen LogP contribution in [-0.4, -0.2) is 28.3 Å². The average Bonchev–Trinajstić information content (AvgIpc) is 2.59. The van der Waals surface area contributed by atoms with Crippen LogP contribution in [0.5, 0.6) is 0 Å². The molecule has 0 unspecified atom stereocenters. The van der Waals surface area contributed by atoms with Crippen molar-refractivity contribution in [2.75, 3.05) is 6.61 Å². The molecule has 1 rings (SSSR count). The number of amides is 1. The lowest BCUT2D eigenvalue weighted by Gasteiger charge is -2.06. The first-order chi connectivity index (χ1) is 8.95. The molecule has 0 aliphatic rings. The average molecular weight is 267 g/mol. The Kier molecular flexibility index (Phi) is 5.54. The largest absolute Gasteiger partial charge is 0.466 e. The zero-order chi connectivity index (χ0) is 14.4. The molecule has 106 valence electrons. The van der Waals surface area contributed by atoms with Crippen molar-refractivity contribution < 1.29 is 14.3 Å². The maximum Gasteiger partial charge on any atom is 0.306 e. The Labute approximate surface area is 113 Å². The third-order valence-electron chi connectivity index (χ3n) is 2.98. The third kappa shape index (κ3) is 4.39. The van der Waals surface area contributed by atoms with Gasteiger partial charge in [0, 0.05) is 31.3 Å². The lowest BCUT2D eigenvalue weighted by atomic mass is 10.2. The summed E-state index contributed by atoms with van der Waals surface area (Å²) >= 11 is 0. The molecule has 1 aromatic heterocycles. The van der Waals surface area contributed by atoms with Crippen molar-refractivity contribution in [3.63, 3.8) is 0 Å². The van der Waals surface area contributed by atoms with E-state index in [4.69, 9.17) is 4.74 Å². The molecular formula is C13H21N3O3. The molecule has 1 aromatic rings. The number of nitrogens with one attached hydrogen (secondary N) is 1. The van der Waals surface area contributed by atoms with Gasteiger partial charge in [0.1, 0.15) is 0 Å².